The topological polar surface area (TPSA) is 63.3 Å². The number of aliphatic carboxylic acids is 1. The molecule has 1 atom stereocenters. The monoisotopic (exact) mass is 205 g/mol. The molecule has 1 unspecified atom stereocenters. The van der Waals surface area contributed by atoms with Crippen molar-refractivity contribution in [2.24, 2.45) is 11.1 Å². The summed E-state index contributed by atoms with van der Waals surface area (Å²) in [4.78, 5) is 11.0. The smallest absolute Gasteiger partial charge is 0.310 e. The van der Waals surface area contributed by atoms with Crippen molar-refractivity contribution in [3.8, 4) is 0 Å². The number of hydrogen-bond donors (Lipinski definition) is 2. The molecule has 0 aromatic carbocycles. The maximum atomic E-state index is 11.0. The molecule has 0 saturated heterocycles. The molecular formula is C9H19NO2S. The van der Waals surface area contributed by atoms with E-state index >= 15 is 0 Å². The van der Waals surface area contributed by atoms with Crippen molar-refractivity contribution < 1.29 is 9.90 Å². The van der Waals surface area contributed by atoms with Crippen LogP contribution in [0.25, 0.3) is 0 Å². The lowest BCUT2D eigenvalue weighted by Crippen LogP contribution is -2.38. The molecular weight excluding hydrogens is 186 g/mol. The third-order valence-corrected chi connectivity index (χ3v) is 3.22. The summed E-state index contributed by atoms with van der Waals surface area (Å²) in [6, 6.07) is 0. The minimum atomic E-state index is -0.751. The molecule has 0 radical (unpaired) electrons. The van der Waals surface area contributed by atoms with Crippen LogP contribution in [0.5, 0.6) is 0 Å². The van der Waals surface area contributed by atoms with Crippen LogP contribution in [0.4, 0.5) is 0 Å². The van der Waals surface area contributed by atoms with E-state index in [1.165, 1.54) is 0 Å². The third-order valence-electron chi connectivity index (χ3n) is 2.52. The van der Waals surface area contributed by atoms with E-state index < -0.39 is 11.4 Å². The van der Waals surface area contributed by atoms with Crippen molar-refractivity contribution in [2.75, 3.05) is 18.6 Å². The Labute approximate surface area is 84.1 Å². The van der Waals surface area contributed by atoms with Gasteiger partial charge in [0, 0.05) is 6.54 Å². The molecule has 0 aromatic heterocycles. The fourth-order valence-corrected chi connectivity index (χ4v) is 1.76. The number of carboxylic acids is 1. The number of hydrogen-bond acceptors (Lipinski definition) is 3. The van der Waals surface area contributed by atoms with Crippen LogP contribution in [0.2, 0.25) is 0 Å². The second-order valence-electron chi connectivity index (χ2n) is 3.24. The highest BCUT2D eigenvalue weighted by Gasteiger charge is 2.34. The number of thioether (sulfide) groups is 1. The van der Waals surface area contributed by atoms with Crippen molar-refractivity contribution in [2.45, 2.75) is 26.2 Å². The number of nitrogens with two attached hydrogens (primary N) is 1. The maximum Gasteiger partial charge on any atom is 0.310 e. The van der Waals surface area contributed by atoms with Gasteiger partial charge in [-0.15, -0.1) is 0 Å². The summed E-state index contributed by atoms with van der Waals surface area (Å²) in [5, 5.41) is 9.04. The van der Waals surface area contributed by atoms with Gasteiger partial charge in [0.2, 0.25) is 0 Å². The van der Waals surface area contributed by atoms with Crippen LogP contribution in [0, 0.1) is 5.41 Å². The molecule has 78 valence electrons. The van der Waals surface area contributed by atoms with E-state index in [0.29, 0.717) is 12.8 Å². The zero-order chi connectivity index (χ0) is 10.3. The van der Waals surface area contributed by atoms with Gasteiger partial charge in [-0.05, 0) is 31.3 Å². The fraction of sp³-hybridized carbons (Fsp3) is 0.889. The lowest BCUT2D eigenvalue weighted by molar-refractivity contribution is -0.149. The minimum Gasteiger partial charge on any atom is -0.481 e. The van der Waals surface area contributed by atoms with Gasteiger partial charge < -0.3 is 10.8 Å². The average Bonchev–Trinajstić information content (AvgIpc) is 2.13. The fourth-order valence-electron chi connectivity index (χ4n) is 1.32. The molecule has 3 nitrogen and oxygen atoms in total. The molecule has 0 fully saturated rings. The lowest BCUT2D eigenvalue weighted by atomic mass is 9.81. The molecule has 0 spiro atoms. The standard InChI is InChI=1S/C9H19NO2S/c1-3-9(7-10,8(11)12)5-4-6-13-2/h3-7,10H2,1-2H3,(H,11,12). The van der Waals surface area contributed by atoms with E-state index in [1.54, 1.807) is 11.8 Å². The SMILES string of the molecule is CCC(CN)(CCCSC)C(=O)O. The van der Waals surface area contributed by atoms with Gasteiger partial charge in [-0.3, -0.25) is 4.79 Å². The molecule has 0 heterocycles. The number of rotatable bonds is 7. The first kappa shape index (κ1) is 12.8. The normalized spacial score (nSPS) is 15.3. The second-order valence-corrected chi connectivity index (χ2v) is 4.23. The molecule has 0 aliphatic carbocycles. The quantitative estimate of drug-likeness (QED) is 0.619. The van der Waals surface area contributed by atoms with E-state index in [-0.39, 0.29) is 6.54 Å². The van der Waals surface area contributed by atoms with Gasteiger partial charge in [-0.1, -0.05) is 6.92 Å². The van der Waals surface area contributed by atoms with Crippen LogP contribution < -0.4 is 5.73 Å². The zero-order valence-electron chi connectivity index (χ0n) is 8.38. The van der Waals surface area contributed by atoms with Crippen molar-refractivity contribution in [3.63, 3.8) is 0 Å². The predicted molar refractivity (Wildman–Crippen MR) is 57.0 cm³/mol. The van der Waals surface area contributed by atoms with Crippen molar-refractivity contribution in [1.82, 2.24) is 0 Å². The Morgan fingerprint density at radius 2 is 2.23 bits per heavy atom. The molecule has 0 amide bonds. The van der Waals surface area contributed by atoms with Crippen LogP contribution >= 0.6 is 11.8 Å². The molecule has 13 heavy (non-hydrogen) atoms. The summed E-state index contributed by atoms with van der Waals surface area (Å²) in [5.41, 5.74) is 4.83. The Balaban J connectivity index is 4.14. The van der Waals surface area contributed by atoms with Crippen molar-refractivity contribution in [1.29, 1.82) is 0 Å². The van der Waals surface area contributed by atoms with Crippen LogP contribution in [0.3, 0.4) is 0 Å². The van der Waals surface area contributed by atoms with Gasteiger partial charge in [-0.2, -0.15) is 11.8 Å². The first-order valence-electron chi connectivity index (χ1n) is 4.55. The first-order valence-corrected chi connectivity index (χ1v) is 5.94. The van der Waals surface area contributed by atoms with Crippen LogP contribution in [-0.4, -0.2) is 29.6 Å². The predicted octanol–water partition coefficient (Wildman–Crippen LogP) is 1.57. The second kappa shape index (κ2) is 6.27. The van der Waals surface area contributed by atoms with Crippen LogP contribution in [-0.2, 0) is 4.79 Å². The lowest BCUT2D eigenvalue weighted by Gasteiger charge is -2.26. The summed E-state index contributed by atoms with van der Waals surface area (Å²) >= 11 is 1.74. The summed E-state index contributed by atoms with van der Waals surface area (Å²) in [7, 11) is 0. The van der Waals surface area contributed by atoms with Crippen LogP contribution in [0.15, 0.2) is 0 Å². The van der Waals surface area contributed by atoms with E-state index in [0.717, 1.165) is 12.2 Å². The average molecular weight is 205 g/mol. The minimum absolute atomic E-state index is 0.243. The first-order chi connectivity index (χ1) is 6.13. The summed E-state index contributed by atoms with van der Waals surface area (Å²) < 4.78 is 0. The largest absolute Gasteiger partial charge is 0.481 e. The molecule has 0 rings (SSSR count). The molecule has 0 aromatic rings. The highest BCUT2D eigenvalue weighted by atomic mass is 32.2. The zero-order valence-corrected chi connectivity index (χ0v) is 9.19. The van der Waals surface area contributed by atoms with E-state index in [1.807, 2.05) is 13.2 Å². The molecule has 0 saturated carbocycles. The third kappa shape index (κ3) is 3.56. The Morgan fingerprint density at radius 3 is 2.54 bits per heavy atom. The van der Waals surface area contributed by atoms with Gasteiger partial charge in [0.1, 0.15) is 0 Å². The number of carboxylic acid groups (broad SMARTS) is 1. The maximum absolute atomic E-state index is 11.0. The van der Waals surface area contributed by atoms with Gasteiger partial charge >= 0.3 is 5.97 Å². The van der Waals surface area contributed by atoms with E-state index in [2.05, 4.69) is 0 Å². The van der Waals surface area contributed by atoms with Gasteiger partial charge in [0.25, 0.3) is 0 Å². The Bertz CT molecular complexity index is 158. The van der Waals surface area contributed by atoms with Crippen LogP contribution in [0.1, 0.15) is 26.2 Å². The highest BCUT2D eigenvalue weighted by molar-refractivity contribution is 7.98. The number of carbonyl (C=O) groups is 1. The molecule has 0 bridgehead atoms. The summed E-state index contributed by atoms with van der Waals surface area (Å²) in [5.74, 6) is 0.258. The molecule has 4 heteroatoms. The van der Waals surface area contributed by atoms with Gasteiger partial charge in [-0.25, -0.2) is 0 Å². The Kier molecular flexibility index (Phi) is 6.16. The Morgan fingerprint density at radius 1 is 1.62 bits per heavy atom. The van der Waals surface area contributed by atoms with Gasteiger partial charge in [0.05, 0.1) is 5.41 Å². The van der Waals surface area contributed by atoms with Crippen molar-refractivity contribution >= 4 is 17.7 Å². The summed E-state index contributed by atoms with van der Waals surface area (Å²) in [6.45, 7) is 2.13. The summed E-state index contributed by atoms with van der Waals surface area (Å²) in [6.07, 6.45) is 4.26. The highest BCUT2D eigenvalue weighted by Crippen LogP contribution is 2.27. The molecule has 0 aliphatic rings. The van der Waals surface area contributed by atoms with Crippen molar-refractivity contribution in [3.05, 3.63) is 0 Å². The van der Waals surface area contributed by atoms with E-state index in [4.69, 9.17) is 10.8 Å². The molecule has 3 N–H and O–H groups in total. The Hall–Kier alpha value is -0.220. The van der Waals surface area contributed by atoms with E-state index in [9.17, 15) is 4.79 Å². The molecule has 0 aliphatic heterocycles. The van der Waals surface area contributed by atoms with Gasteiger partial charge in [0.15, 0.2) is 0 Å².